The summed E-state index contributed by atoms with van der Waals surface area (Å²) in [7, 11) is 0. The Kier molecular flexibility index (Phi) is 12.4. The predicted molar refractivity (Wildman–Crippen MR) is 85.7 cm³/mol. The molecule has 0 aromatic rings. The monoisotopic (exact) mass is 349 g/mol. The predicted octanol–water partition coefficient (Wildman–Crippen LogP) is 6.75. The van der Waals surface area contributed by atoms with Gasteiger partial charge in [0.2, 0.25) is 0 Å². The zero-order valence-electron chi connectivity index (χ0n) is 14.0. The third kappa shape index (κ3) is 8.50. The molecule has 0 spiro atoms. The van der Waals surface area contributed by atoms with E-state index in [1.54, 1.807) is 17.7 Å². The van der Waals surface area contributed by atoms with Gasteiger partial charge in [-0.3, -0.25) is 0 Å². The average Bonchev–Trinajstić information content (AvgIpc) is 2.37. The van der Waals surface area contributed by atoms with Crippen molar-refractivity contribution in [3.63, 3.8) is 0 Å². The van der Waals surface area contributed by atoms with Gasteiger partial charge in [-0.2, -0.15) is 0 Å². The van der Waals surface area contributed by atoms with Crippen molar-refractivity contribution < 1.29 is 1.43 Å². The van der Waals surface area contributed by atoms with Crippen molar-refractivity contribution in [3.8, 4) is 0 Å². The van der Waals surface area contributed by atoms with E-state index in [4.69, 9.17) is 0 Å². The van der Waals surface area contributed by atoms with Crippen LogP contribution in [0.5, 0.6) is 0 Å². The normalized spacial score (nSPS) is 12.0. The summed E-state index contributed by atoms with van der Waals surface area (Å²) in [6, 6.07) is 0. The molecule has 0 bridgehead atoms. The van der Waals surface area contributed by atoms with E-state index < -0.39 is 18.4 Å². The molecule has 0 amide bonds. The van der Waals surface area contributed by atoms with E-state index in [2.05, 4.69) is 27.7 Å². The Balaban J connectivity index is 0. The first-order valence-electron chi connectivity index (χ1n) is 8.24. The number of hydrogen-bond donors (Lipinski definition) is 0. The molecule has 0 fully saturated rings. The van der Waals surface area contributed by atoms with Crippen molar-refractivity contribution in [2.24, 2.45) is 0 Å². The van der Waals surface area contributed by atoms with Crippen molar-refractivity contribution in [2.45, 2.75) is 96.8 Å². The van der Waals surface area contributed by atoms with Crippen LogP contribution in [0.3, 0.4) is 0 Å². The molecule has 0 atom stereocenters. The molecule has 0 radical (unpaired) electrons. The van der Waals surface area contributed by atoms with Gasteiger partial charge in [-0.25, -0.2) is 0 Å². The van der Waals surface area contributed by atoms with Gasteiger partial charge < -0.3 is 0 Å². The summed E-state index contributed by atoms with van der Waals surface area (Å²) in [5.41, 5.74) is 0. The minimum absolute atomic E-state index is 0. The molecule has 0 aromatic heterocycles. The molecule has 17 heavy (non-hydrogen) atoms. The third-order valence-corrected chi connectivity index (χ3v) is 20.4. The molecule has 0 saturated carbocycles. The summed E-state index contributed by atoms with van der Waals surface area (Å²) in [5, 5.41) is 0. The molecule has 1 heteroatoms. The summed E-state index contributed by atoms with van der Waals surface area (Å²) < 4.78 is 6.80. The maximum absolute atomic E-state index is 2.37. The van der Waals surface area contributed by atoms with E-state index >= 15 is 0 Å². The van der Waals surface area contributed by atoms with Crippen molar-refractivity contribution >= 4 is 18.4 Å². The molecule has 0 aliphatic heterocycles. The van der Waals surface area contributed by atoms with Gasteiger partial charge in [0.05, 0.1) is 0 Å². The van der Waals surface area contributed by atoms with Gasteiger partial charge in [0.1, 0.15) is 0 Å². The van der Waals surface area contributed by atoms with Crippen LogP contribution >= 0.6 is 0 Å². The Morgan fingerprint density at radius 3 is 0.941 bits per heavy atom. The summed E-state index contributed by atoms with van der Waals surface area (Å²) >= 11 is -1.69. The maximum Gasteiger partial charge on any atom is 1.00 e. The first-order chi connectivity index (χ1) is 8.24. The first kappa shape index (κ1) is 17.8. The number of hydrogen-bond acceptors (Lipinski definition) is 0. The van der Waals surface area contributed by atoms with Gasteiger partial charge >= 0.3 is 117 Å². The summed E-state index contributed by atoms with van der Waals surface area (Å²) in [4.78, 5) is 0. The van der Waals surface area contributed by atoms with E-state index in [-0.39, 0.29) is 1.43 Å². The number of rotatable bonds is 12. The van der Waals surface area contributed by atoms with Crippen LogP contribution in [-0.4, -0.2) is 18.4 Å². The second kappa shape index (κ2) is 11.9. The van der Waals surface area contributed by atoms with Crippen LogP contribution in [0, 0.1) is 0 Å². The Morgan fingerprint density at radius 1 is 0.529 bits per heavy atom. The molecular formula is C16H37Sn+. The fourth-order valence-corrected chi connectivity index (χ4v) is 19.8. The Labute approximate surface area is 116 Å². The largest absolute Gasteiger partial charge is 1.00 e. The van der Waals surface area contributed by atoms with Crippen molar-refractivity contribution in [3.05, 3.63) is 0 Å². The van der Waals surface area contributed by atoms with Crippen LogP contribution in [0.1, 0.15) is 80.5 Å². The van der Waals surface area contributed by atoms with Crippen LogP contribution in [0.4, 0.5) is 0 Å². The van der Waals surface area contributed by atoms with Gasteiger partial charge in [-0.15, -0.1) is 0 Å². The van der Waals surface area contributed by atoms with Gasteiger partial charge in [-0.05, 0) is 0 Å². The van der Waals surface area contributed by atoms with Gasteiger partial charge in [-0.1, -0.05) is 0 Å². The summed E-state index contributed by atoms with van der Waals surface area (Å²) in [6.07, 6.45) is 11.8. The second-order valence-corrected chi connectivity index (χ2v) is 20.2. The second-order valence-electron chi connectivity index (χ2n) is 5.91. The number of unbranched alkanes of at least 4 members (excludes halogenated alkanes) is 4. The fourth-order valence-electron chi connectivity index (χ4n) is 2.96. The standard InChI is InChI=1S/4C4H9.Sn/c4*1-3-4-2;/h4*1,3-4H2,2H3;/p+1. The molecule has 0 saturated heterocycles. The maximum atomic E-state index is 2.37. The molecule has 0 aliphatic carbocycles. The van der Waals surface area contributed by atoms with E-state index in [0.29, 0.717) is 0 Å². The van der Waals surface area contributed by atoms with E-state index in [1.165, 1.54) is 51.4 Å². The molecule has 0 N–H and O–H groups in total. The SMILES string of the molecule is CCC[CH2][Sn]([CH2]CCC)([CH2]CCC)[CH2]CCC.[H+]. The topological polar surface area (TPSA) is 0 Å². The molecule has 104 valence electrons. The fraction of sp³-hybridized carbons (Fsp3) is 1.00. The van der Waals surface area contributed by atoms with Crippen molar-refractivity contribution in [1.82, 2.24) is 0 Å². The van der Waals surface area contributed by atoms with E-state index in [0.717, 1.165) is 0 Å². The van der Waals surface area contributed by atoms with E-state index in [1.807, 2.05) is 0 Å². The molecule has 0 aromatic carbocycles. The zero-order valence-corrected chi connectivity index (χ0v) is 15.8. The molecule has 0 nitrogen and oxygen atoms in total. The Hall–Kier alpha value is 0.799. The van der Waals surface area contributed by atoms with Crippen LogP contribution in [0.15, 0.2) is 0 Å². The van der Waals surface area contributed by atoms with Crippen LogP contribution in [-0.2, 0) is 0 Å². The third-order valence-electron chi connectivity index (χ3n) is 4.24. The van der Waals surface area contributed by atoms with Crippen LogP contribution < -0.4 is 0 Å². The molecule has 0 rings (SSSR count). The zero-order chi connectivity index (χ0) is 13.0. The Bertz CT molecular complexity index is 122. The smallest absolute Gasteiger partial charge is 1.00 e. The van der Waals surface area contributed by atoms with Gasteiger partial charge in [0.15, 0.2) is 0 Å². The first-order valence-corrected chi connectivity index (χ1v) is 16.3. The van der Waals surface area contributed by atoms with Crippen molar-refractivity contribution in [2.75, 3.05) is 0 Å². The molecule has 0 heterocycles. The molecule has 0 aliphatic rings. The van der Waals surface area contributed by atoms with Crippen molar-refractivity contribution in [1.29, 1.82) is 0 Å². The minimum Gasteiger partial charge on any atom is 1.00 e. The molecular weight excluding hydrogens is 311 g/mol. The van der Waals surface area contributed by atoms with Crippen LogP contribution in [0.25, 0.3) is 0 Å². The quantitative estimate of drug-likeness (QED) is 0.342. The molecule has 0 unspecified atom stereocenters. The van der Waals surface area contributed by atoms with E-state index in [9.17, 15) is 0 Å². The summed E-state index contributed by atoms with van der Waals surface area (Å²) in [5.74, 6) is 0. The van der Waals surface area contributed by atoms with Gasteiger partial charge in [0, 0.05) is 0 Å². The minimum atomic E-state index is -1.69. The average molecular weight is 348 g/mol. The van der Waals surface area contributed by atoms with Gasteiger partial charge in [0.25, 0.3) is 0 Å². The van der Waals surface area contributed by atoms with Crippen LogP contribution in [0.2, 0.25) is 17.7 Å². The Morgan fingerprint density at radius 2 is 0.765 bits per heavy atom. The summed E-state index contributed by atoms with van der Waals surface area (Å²) in [6.45, 7) is 9.48.